The van der Waals surface area contributed by atoms with Crippen molar-refractivity contribution in [3.8, 4) is 11.5 Å². The van der Waals surface area contributed by atoms with Crippen molar-refractivity contribution in [2.45, 2.75) is 39.5 Å². The Morgan fingerprint density at radius 2 is 1.93 bits per heavy atom. The number of rotatable bonds is 7. The van der Waals surface area contributed by atoms with Gasteiger partial charge >= 0.3 is 6.09 Å². The van der Waals surface area contributed by atoms with E-state index in [0.717, 1.165) is 16.7 Å². The molecule has 0 saturated heterocycles. The second-order valence-corrected chi connectivity index (χ2v) is 10.9. The molecule has 1 atom stereocenters. The Hall–Kier alpha value is -5.04. The van der Waals surface area contributed by atoms with Gasteiger partial charge < -0.3 is 19.5 Å². The van der Waals surface area contributed by atoms with Crippen LogP contribution in [0.4, 0.5) is 15.6 Å². The Morgan fingerprint density at radius 3 is 2.69 bits per heavy atom. The number of amides is 1. The number of ether oxygens (including phenoxy) is 3. The molecule has 214 valence electrons. The van der Waals surface area contributed by atoms with Gasteiger partial charge in [-0.05, 0) is 55.7 Å². The van der Waals surface area contributed by atoms with Crippen LogP contribution >= 0.6 is 11.3 Å². The predicted octanol–water partition coefficient (Wildman–Crippen LogP) is 5.11. The first kappa shape index (κ1) is 27.1. The van der Waals surface area contributed by atoms with E-state index in [2.05, 4.69) is 15.5 Å². The normalized spacial score (nSPS) is 15.4. The number of nitrogens with one attached hydrogen (secondary N) is 1. The summed E-state index contributed by atoms with van der Waals surface area (Å²) in [6, 6.07) is 18.1. The topological polar surface area (TPSA) is 141 Å². The van der Waals surface area contributed by atoms with E-state index in [4.69, 9.17) is 19.3 Å². The number of hydrazone groups is 1. The molecule has 0 bridgehead atoms. The highest BCUT2D eigenvalue weighted by Crippen LogP contribution is 2.39. The van der Waals surface area contributed by atoms with E-state index in [9.17, 15) is 14.9 Å². The second kappa shape index (κ2) is 11.4. The Kier molecular flexibility index (Phi) is 7.40. The molecule has 6 rings (SSSR count). The second-order valence-electron chi connectivity index (χ2n) is 9.86. The third kappa shape index (κ3) is 5.59. The van der Waals surface area contributed by atoms with Crippen molar-refractivity contribution in [3.63, 3.8) is 0 Å². The van der Waals surface area contributed by atoms with Gasteiger partial charge in [0.2, 0.25) is 11.9 Å². The Morgan fingerprint density at radius 1 is 1.14 bits per heavy atom. The highest BCUT2D eigenvalue weighted by atomic mass is 32.1. The quantitative estimate of drug-likeness (QED) is 0.231. The van der Waals surface area contributed by atoms with E-state index in [1.54, 1.807) is 24.1 Å². The van der Waals surface area contributed by atoms with Gasteiger partial charge in [0.25, 0.3) is 5.69 Å². The maximum absolute atomic E-state index is 12.2. The zero-order valence-electron chi connectivity index (χ0n) is 22.8. The van der Waals surface area contributed by atoms with Crippen molar-refractivity contribution in [1.29, 1.82) is 0 Å². The fraction of sp³-hybridized carbons (Fsp3) is 0.241. The molecule has 0 radical (unpaired) electrons. The monoisotopic (exact) mass is 586 g/mol. The molecule has 1 N–H and O–H groups in total. The van der Waals surface area contributed by atoms with Crippen LogP contribution in [0, 0.1) is 17.0 Å². The third-order valence-electron chi connectivity index (χ3n) is 6.91. The number of aromatic nitrogens is 2. The lowest BCUT2D eigenvalue weighted by molar-refractivity contribution is -0.385. The molecule has 1 aromatic heterocycles. The maximum atomic E-state index is 12.2. The maximum Gasteiger partial charge on any atom is 0.407 e. The SMILES string of the molecule is Cc1cc(C2=NN(c3nnc(CNC(=O)OCc4ccccc4)s3)[C@H](C)Cc3cc4c(cc32)OCO4)ccc1[N+](=O)[O-]. The van der Waals surface area contributed by atoms with Crippen molar-refractivity contribution < 1.29 is 23.9 Å². The van der Waals surface area contributed by atoms with Gasteiger partial charge in [-0.15, -0.1) is 10.2 Å². The molecular formula is C29H26N6O6S. The van der Waals surface area contributed by atoms with Gasteiger partial charge in [-0.1, -0.05) is 41.7 Å². The summed E-state index contributed by atoms with van der Waals surface area (Å²) in [4.78, 5) is 23.3. The molecule has 4 aromatic rings. The number of nitro benzene ring substituents is 1. The molecule has 0 fully saturated rings. The van der Waals surface area contributed by atoms with Crippen molar-refractivity contribution >= 4 is 34.0 Å². The first-order valence-corrected chi connectivity index (χ1v) is 14.0. The number of hydrogen-bond donors (Lipinski definition) is 1. The minimum Gasteiger partial charge on any atom is -0.454 e. The van der Waals surface area contributed by atoms with Crippen molar-refractivity contribution in [1.82, 2.24) is 15.5 Å². The van der Waals surface area contributed by atoms with Gasteiger partial charge in [0.05, 0.1) is 23.2 Å². The average molecular weight is 587 g/mol. The van der Waals surface area contributed by atoms with E-state index in [-0.39, 0.29) is 31.7 Å². The summed E-state index contributed by atoms with van der Waals surface area (Å²) in [6.45, 7) is 4.19. The summed E-state index contributed by atoms with van der Waals surface area (Å²) < 4.78 is 16.6. The van der Waals surface area contributed by atoms with Crippen LogP contribution in [-0.2, 0) is 24.3 Å². The summed E-state index contributed by atoms with van der Waals surface area (Å²) in [7, 11) is 0. The zero-order valence-corrected chi connectivity index (χ0v) is 23.6. The number of carbonyl (C=O) groups excluding carboxylic acids is 1. The molecule has 13 heteroatoms. The Balaban J connectivity index is 1.27. The van der Waals surface area contributed by atoms with E-state index < -0.39 is 11.0 Å². The predicted molar refractivity (Wildman–Crippen MR) is 155 cm³/mol. The Labute approximate surface area is 244 Å². The number of hydrogen-bond acceptors (Lipinski definition) is 11. The van der Waals surface area contributed by atoms with Crippen molar-refractivity contribution in [2.75, 3.05) is 11.8 Å². The molecule has 0 unspecified atom stereocenters. The van der Waals surface area contributed by atoms with Gasteiger partial charge in [-0.25, -0.2) is 9.80 Å². The smallest absolute Gasteiger partial charge is 0.407 e. The largest absolute Gasteiger partial charge is 0.454 e. The highest BCUT2D eigenvalue weighted by Gasteiger charge is 2.30. The first-order chi connectivity index (χ1) is 20.4. The lowest BCUT2D eigenvalue weighted by atomic mass is 9.93. The molecule has 0 spiro atoms. The van der Waals surface area contributed by atoms with E-state index in [1.807, 2.05) is 49.4 Å². The number of aryl methyl sites for hydroxylation is 1. The summed E-state index contributed by atoms with van der Waals surface area (Å²) in [5.74, 6) is 1.28. The van der Waals surface area contributed by atoms with Gasteiger partial charge in [0.1, 0.15) is 11.6 Å². The molecule has 2 aliphatic heterocycles. The minimum absolute atomic E-state index is 0.0349. The number of nitrogens with zero attached hydrogens (tertiary/aromatic N) is 5. The molecule has 12 nitrogen and oxygen atoms in total. The molecule has 0 aliphatic carbocycles. The molecule has 3 aromatic carbocycles. The van der Waals surface area contributed by atoms with Crippen LogP contribution in [0.15, 0.2) is 65.8 Å². The van der Waals surface area contributed by atoms with Gasteiger partial charge in [0.15, 0.2) is 11.5 Å². The summed E-state index contributed by atoms with van der Waals surface area (Å²) in [5, 5.41) is 30.8. The number of fused-ring (bicyclic) bond motifs is 2. The van der Waals surface area contributed by atoms with Gasteiger partial charge in [0, 0.05) is 22.8 Å². The Bertz CT molecular complexity index is 1690. The fourth-order valence-electron chi connectivity index (χ4n) is 4.82. The lowest BCUT2D eigenvalue weighted by Gasteiger charge is -2.22. The number of alkyl carbamates (subject to hydrolysis) is 1. The van der Waals surface area contributed by atoms with Gasteiger partial charge in [-0.2, -0.15) is 5.10 Å². The third-order valence-corrected chi connectivity index (χ3v) is 7.82. The first-order valence-electron chi connectivity index (χ1n) is 13.2. The zero-order chi connectivity index (χ0) is 29.2. The fourth-order valence-corrected chi connectivity index (χ4v) is 5.65. The van der Waals surface area contributed by atoms with Crippen LogP contribution in [0.3, 0.4) is 0 Å². The van der Waals surface area contributed by atoms with Gasteiger partial charge in [-0.3, -0.25) is 10.1 Å². The molecule has 1 amide bonds. The van der Waals surface area contributed by atoms with E-state index in [1.165, 1.54) is 17.4 Å². The van der Waals surface area contributed by atoms with Crippen LogP contribution in [-0.4, -0.2) is 39.8 Å². The van der Waals surface area contributed by atoms with Crippen LogP contribution in [0.25, 0.3) is 0 Å². The van der Waals surface area contributed by atoms with Crippen LogP contribution < -0.4 is 19.8 Å². The summed E-state index contributed by atoms with van der Waals surface area (Å²) in [6.07, 6.45) is 0.0599. The van der Waals surface area contributed by atoms with Crippen LogP contribution in [0.5, 0.6) is 11.5 Å². The summed E-state index contributed by atoms with van der Waals surface area (Å²) in [5.41, 5.74) is 4.62. The molecule has 0 saturated carbocycles. The van der Waals surface area contributed by atoms with Crippen LogP contribution in [0.2, 0.25) is 0 Å². The number of carbonyl (C=O) groups is 1. The van der Waals surface area contributed by atoms with E-state index in [0.29, 0.717) is 44.9 Å². The number of anilines is 1. The molecule has 3 heterocycles. The standard InChI is InChI=1S/C29H26N6O6S/c1-17-10-20(8-9-23(17)35(37)38)27-22-13-25-24(40-16-41-25)12-21(22)11-18(2)34(33-27)28-32-31-26(42-28)14-30-29(36)39-15-19-6-4-3-5-7-19/h3-10,12-13,18H,11,14-16H2,1-2H3,(H,30,36)/t18-/m1/s1. The minimum atomic E-state index is -0.555. The molecule has 42 heavy (non-hydrogen) atoms. The summed E-state index contributed by atoms with van der Waals surface area (Å²) >= 11 is 1.30. The lowest BCUT2D eigenvalue weighted by Crippen LogP contribution is -2.29. The van der Waals surface area contributed by atoms with Crippen LogP contribution in [0.1, 0.15) is 39.7 Å². The molecule has 2 aliphatic rings. The number of benzene rings is 3. The van der Waals surface area contributed by atoms with Crippen molar-refractivity contribution in [3.05, 3.63) is 104 Å². The van der Waals surface area contributed by atoms with E-state index >= 15 is 0 Å². The molecular weight excluding hydrogens is 560 g/mol. The number of nitro groups is 1. The highest BCUT2D eigenvalue weighted by molar-refractivity contribution is 7.15. The average Bonchev–Trinajstić information content (AvgIpc) is 3.62. The van der Waals surface area contributed by atoms with Crippen molar-refractivity contribution in [2.24, 2.45) is 5.10 Å².